The quantitative estimate of drug-likeness (QED) is 0.588. The summed E-state index contributed by atoms with van der Waals surface area (Å²) in [6.07, 6.45) is 2.42. The second-order valence-electron chi connectivity index (χ2n) is 2.51. The lowest BCUT2D eigenvalue weighted by Crippen LogP contribution is -2.15. The van der Waals surface area contributed by atoms with Gasteiger partial charge in [0.25, 0.3) is 0 Å². The maximum atomic E-state index is 12.3. The Labute approximate surface area is 49.1 Å². The third-order valence-electron chi connectivity index (χ3n) is 1.54. The van der Waals surface area contributed by atoms with E-state index in [4.69, 9.17) is 5.73 Å². The lowest BCUT2D eigenvalue weighted by atomic mass is 10.2. The highest BCUT2D eigenvalue weighted by Gasteiger charge is 2.24. The highest BCUT2D eigenvalue weighted by atomic mass is 19.1. The van der Waals surface area contributed by atoms with E-state index in [2.05, 4.69) is 0 Å². The average Bonchev–Trinajstić information content (AvgIpc) is 2.50. The van der Waals surface area contributed by atoms with Gasteiger partial charge in [0.2, 0.25) is 0 Å². The van der Waals surface area contributed by atoms with Gasteiger partial charge in [-0.2, -0.15) is 0 Å². The minimum Gasteiger partial charge on any atom is -0.328 e. The third-order valence-corrected chi connectivity index (χ3v) is 1.54. The fraction of sp³-hybridized carbons (Fsp3) is 1.00. The third kappa shape index (κ3) is 1.78. The number of rotatable bonds is 3. The summed E-state index contributed by atoms with van der Waals surface area (Å²) in [4.78, 5) is 0. The van der Waals surface area contributed by atoms with Crippen LogP contribution < -0.4 is 5.73 Å². The van der Waals surface area contributed by atoms with Gasteiger partial charge in [0.05, 0.1) is 0 Å². The Morgan fingerprint density at radius 2 is 2.25 bits per heavy atom. The van der Waals surface area contributed by atoms with Crippen LogP contribution in [-0.4, -0.2) is 12.7 Å². The van der Waals surface area contributed by atoms with E-state index in [0.29, 0.717) is 12.3 Å². The van der Waals surface area contributed by atoms with E-state index in [-0.39, 0.29) is 6.54 Å². The molecule has 2 N–H and O–H groups in total. The van der Waals surface area contributed by atoms with Crippen molar-refractivity contribution in [3.05, 3.63) is 0 Å². The van der Waals surface area contributed by atoms with Gasteiger partial charge in [-0.25, -0.2) is 4.39 Å². The molecule has 8 heavy (non-hydrogen) atoms. The Balaban J connectivity index is 1.98. The molecule has 0 aromatic carbocycles. The predicted molar refractivity (Wildman–Crippen MR) is 31.3 cm³/mol. The van der Waals surface area contributed by atoms with Gasteiger partial charge in [-0.15, -0.1) is 0 Å². The van der Waals surface area contributed by atoms with Crippen molar-refractivity contribution < 1.29 is 4.39 Å². The topological polar surface area (TPSA) is 26.0 Å². The van der Waals surface area contributed by atoms with E-state index in [0.717, 1.165) is 0 Å². The van der Waals surface area contributed by atoms with E-state index >= 15 is 0 Å². The molecule has 1 fully saturated rings. The number of halogens is 1. The molecule has 1 saturated carbocycles. The summed E-state index contributed by atoms with van der Waals surface area (Å²) in [7, 11) is 0. The normalized spacial score (nSPS) is 23.2. The molecule has 1 atom stereocenters. The molecule has 1 aliphatic rings. The van der Waals surface area contributed by atoms with E-state index in [1.54, 1.807) is 0 Å². The molecule has 0 amide bonds. The van der Waals surface area contributed by atoms with E-state index < -0.39 is 6.17 Å². The molecule has 0 saturated heterocycles. The van der Waals surface area contributed by atoms with Crippen molar-refractivity contribution >= 4 is 0 Å². The smallest absolute Gasteiger partial charge is 0.113 e. The highest BCUT2D eigenvalue weighted by molar-refractivity contribution is 4.76. The molecule has 48 valence electrons. The van der Waals surface area contributed by atoms with Crippen LogP contribution in [0.5, 0.6) is 0 Å². The van der Waals surface area contributed by atoms with Crippen LogP contribution in [0.4, 0.5) is 4.39 Å². The van der Waals surface area contributed by atoms with Crippen molar-refractivity contribution in [2.75, 3.05) is 6.54 Å². The SMILES string of the molecule is NCC(F)CC1CC1. The Hall–Kier alpha value is -0.110. The summed E-state index contributed by atoms with van der Waals surface area (Å²) in [5.41, 5.74) is 5.07. The summed E-state index contributed by atoms with van der Waals surface area (Å²) >= 11 is 0. The second kappa shape index (κ2) is 2.44. The molecule has 0 bridgehead atoms. The fourth-order valence-electron chi connectivity index (χ4n) is 0.811. The van der Waals surface area contributed by atoms with Crippen molar-refractivity contribution in [2.45, 2.75) is 25.4 Å². The van der Waals surface area contributed by atoms with Crippen LogP contribution in [-0.2, 0) is 0 Å². The number of nitrogens with two attached hydrogens (primary N) is 1. The van der Waals surface area contributed by atoms with Crippen LogP contribution in [0.15, 0.2) is 0 Å². The lowest BCUT2D eigenvalue weighted by Gasteiger charge is -2.00. The molecule has 0 aromatic rings. The Morgan fingerprint density at radius 3 is 2.62 bits per heavy atom. The number of alkyl halides is 1. The summed E-state index contributed by atoms with van der Waals surface area (Å²) in [6, 6.07) is 0. The second-order valence-corrected chi connectivity index (χ2v) is 2.51. The molecule has 0 aromatic heterocycles. The van der Waals surface area contributed by atoms with Gasteiger partial charge in [0.15, 0.2) is 0 Å². The van der Waals surface area contributed by atoms with Gasteiger partial charge in [-0.1, -0.05) is 12.8 Å². The van der Waals surface area contributed by atoms with Crippen LogP contribution >= 0.6 is 0 Å². The minimum absolute atomic E-state index is 0.205. The van der Waals surface area contributed by atoms with Crippen molar-refractivity contribution in [3.63, 3.8) is 0 Å². The maximum absolute atomic E-state index is 12.3. The van der Waals surface area contributed by atoms with E-state index in [9.17, 15) is 4.39 Å². The van der Waals surface area contributed by atoms with Crippen molar-refractivity contribution in [1.82, 2.24) is 0 Å². The minimum atomic E-state index is -0.734. The zero-order valence-electron chi connectivity index (χ0n) is 4.94. The summed E-state index contributed by atoms with van der Waals surface area (Å²) < 4.78 is 12.3. The van der Waals surface area contributed by atoms with Crippen molar-refractivity contribution in [2.24, 2.45) is 11.7 Å². The van der Waals surface area contributed by atoms with Crippen LogP contribution in [0.1, 0.15) is 19.3 Å². The molecule has 1 nitrogen and oxygen atoms in total. The van der Waals surface area contributed by atoms with Crippen molar-refractivity contribution in [3.8, 4) is 0 Å². The first kappa shape index (κ1) is 6.02. The van der Waals surface area contributed by atoms with Crippen LogP contribution in [0.3, 0.4) is 0 Å². The zero-order chi connectivity index (χ0) is 5.98. The van der Waals surface area contributed by atoms with Gasteiger partial charge in [0, 0.05) is 6.54 Å². The molecular weight excluding hydrogens is 105 g/mol. The average molecular weight is 117 g/mol. The lowest BCUT2D eigenvalue weighted by molar-refractivity contribution is 0.309. The summed E-state index contributed by atoms with van der Waals surface area (Å²) in [5.74, 6) is 0.675. The summed E-state index contributed by atoms with van der Waals surface area (Å²) in [5, 5.41) is 0. The standard InChI is InChI=1S/C6H12FN/c7-6(4-8)3-5-1-2-5/h5-6H,1-4,8H2. The maximum Gasteiger partial charge on any atom is 0.113 e. The molecular formula is C6H12FN. The largest absolute Gasteiger partial charge is 0.328 e. The fourth-order valence-corrected chi connectivity index (χ4v) is 0.811. The molecule has 0 aliphatic heterocycles. The van der Waals surface area contributed by atoms with Crippen molar-refractivity contribution in [1.29, 1.82) is 0 Å². The van der Waals surface area contributed by atoms with Crippen LogP contribution in [0.25, 0.3) is 0 Å². The van der Waals surface area contributed by atoms with Gasteiger partial charge in [0.1, 0.15) is 6.17 Å². The van der Waals surface area contributed by atoms with Gasteiger partial charge in [-0.3, -0.25) is 0 Å². The molecule has 1 rings (SSSR count). The highest BCUT2D eigenvalue weighted by Crippen LogP contribution is 2.33. The van der Waals surface area contributed by atoms with Gasteiger partial charge in [-0.05, 0) is 12.3 Å². The first-order chi connectivity index (χ1) is 3.83. The molecule has 0 radical (unpaired) electrons. The molecule has 2 heteroatoms. The molecule has 1 unspecified atom stereocenters. The molecule has 0 spiro atoms. The van der Waals surface area contributed by atoms with E-state index in [1.807, 2.05) is 0 Å². The van der Waals surface area contributed by atoms with Crippen LogP contribution in [0, 0.1) is 5.92 Å². The molecule has 1 aliphatic carbocycles. The van der Waals surface area contributed by atoms with Crippen LogP contribution in [0.2, 0.25) is 0 Å². The Bertz CT molecular complexity index is 70.9. The van der Waals surface area contributed by atoms with Gasteiger partial charge >= 0.3 is 0 Å². The Morgan fingerprint density at radius 1 is 1.62 bits per heavy atom. The van der Waals surface area contributed by atoms with Gasteiger partial charge < -0.3 is 5.73 Å². The first-order valence-electron chi connectivity index (χ1n) is 3.17. The monoisotopic (exact) mass is 117 g/mol. The Kier molecular flexibility index (Phi) is 1.84. The predicted octanol–water partition coefficient (Wildman–Crippen LogP) is 1.08. The summed E-state index contributed by atoms with van der Waals surface area (Å²) in [6.45, 7) is 0.205. The first-order valence-corrected chi connectivity index (χ1v) is 3.17. The number of hydrogen-bond donors (Lipinski definition) is 1. The number of hydrogen-bond acceptors (Lipinski definition) is 1. The molecule has 0 heterocycles. The zero-order valence-corrected chi connectivity index (χ0v) is 4.94. The van der Waals surface area contributed by atoms with E-state index in [1.165, 1.54) is 12.8 Å².